The molecule has 3 aromatic rings. The highest BCUT2D eigenvalue weighted by Gasteiger charge is 2.25. The van der Waals surface area contributed by atoms with Crippen molar-refractivity contribution in [2.75, 3.05) is 32.6 Å². The summed E-state index contributed by atoms with van der Waals surface area (Å²) in [5.74, 6) is 0.700. The van der Waals surface area contributed by atoms with Gasteiger partial charge in [-0.25, -0.2) is 15.0 Å². The van der Waals surface area contributed by atoms with Crippen LogP contribution in [0.3, 0.4) is 0 Å². The lowest BCUT2D eigenvalue weighted by Gasteiger charge is -2.23. The van der Waals surface area contributed by atoms with Crippen molar-refractivity contribution in [3.05, 3.63) is 33.4 Å². The zero-order valence-electron chi connectivity index (χ0n) is 15.1. The Labute approximate surface area is 160 Å². The molecule has 0 aliphatic heterocycles. The minimum Gasteiger partial charge on any atom is -0.383 e. The van der Waals surface area contributed by atoms with E-state index in [9.17, 15) is 4.79 Å². The fourth-order valence-electron chi connectivity index (χ4n) is 2.62. The number of carbonyl (C=O) groups excluding carboxylic acids is 1. The Morgan fingerprint density at radius 1 is 1.38 bits per heavy atom. The van der Waals surface area contributed by atoms with E-state index in [0.29, 0.717) is 18.0 Å². The normalized spacial score (nSPS) is 12.3. The molecule has 1 atom stereocenters. The maximum absolute atomic E-state index is 13.1. The number of thiazole rings is 1. The number of methoxy groups -OCH3 is 1. The van der Waals surface area contributed by atoms with Crippen molar-refractivity contribution in [2.24, 2.45) is 0 Å². The molecule has 9 heteroatoms. The Bertz CT molecular complexity index is 894. The van der Waals surface area contributed by atoms with Crippen LogP contribution >= 0.6 is 22.7 Å². The van der Waals surface area contributed by atoms with E-state index >= 15 is 0 Å². The van der Waals surface area contributed by atoms with E-state index in [1.54, 1.807) is 29.5 Å². The van der Waals surface area contributed by atoms with E-state index in [-0.39, 0.29) is 11.9 Å². The van der Waals surface area contributed by atoms with Crippen molar-refractivity contribution >= 4 is 44.6 Å². The molecular formula is C17H21N5O2S2. The number of thiophene rings is 1. The Kier molecular flexibility index (Phi) is 5.80. The summed E-state index contributed by atoms with van der Waals surface area (Å²) in [6.07, 6.45) is 3.27. The number of ether oxygens (including phenoxy) is 1. The van der Waals surface area contributed by atoms with Crippen LogP contribution in [-0.4, -0.2) is 53.1 Å². The molecule has 3 aromatic heterocycles. The molecular weight excluding hydrogens is 370 g/mol. The van der Waals surface area contributed by atoms with Crippen LogP contribution in [0, 0.1) is 6.92 Å². The van der Waals surface area contributed by atoms with Crippen LogP contribution in [0.2, 0.25) is 0 Å². The molecule has 26 heavy (non-hydrogen) atoms. The molecule has 7 nitrogen and oxygen atoms in total. The van der Waals surface area contributed by atoms with E-state index in [4.69, 9.17) is 4.74 Å². The molecule has 0 bridgehead atoms. The lowest BCUT2D eigenvalue weighted by molar-refractivity contribution is 0.0747. The molecule has 3 heterocycles. The number of anilines is 1. The summed E-state index contributed by atoms with van der Waals surface area (Å²) in [6, 6.07) is -0.0857. The largest absolute Gasteiger partial charge is 0.383 e. The highest BCUT2D eigenvalue weighted by atomic mass is 32.1. The molecule has 0 aromatic carbocycles. The molecule has 0 aliphatic carbocycles. The van der Waals surface area contributed by atoms with Gasteiger partial charge in [0.15, 0.2) is 0 Å². The number of fused-ring (bicyclic) bond motifs is 1. The molecule has 0 spiro atoms. The van der Waals surface area contributed by atoms with Crippen LogP contribution in [0.15, 0.2) is 17.9 Å². The maximum Gasteiger partial charge on any atom is 0.264 e. The van der Waals surface area contributed by atoms with Gasteiger partial charge in [0.1, 0.15) is 22.0 Å². The third-order valence-corrected chi connectivity index (χ3v) is 6.36. The molecule has 0 saturated heterocycles. The maximum atomic E-state index is 13.1. The first-order chi connectivity index (χ1) is 12.5. The van der Waals surface area contributed by atoms with Gasteiger partial charge in [-0.1, -0.05) is 0 Å². The molecule has 0 unspecified atom stereocenters. The van der Waals surface area contributed by atoms with Gasteiger partial charge in [-0.2, -0.15) is 0 Å². The van der Waals surface area contributed by atoms with Crippen molar-refractivity contribution in [1.82, 2.24) is 19.9 Å². The van der Waals surface area contributed by atoms with Crippen LogP contribution in [0.25, 0.3) is 10.2 Å². The summed E-state index contributed by atoms with van der Waals surface area (Å²) in [5, 5.41) is 6.99. The molecule has 1 amide bonds. The van der Waals surface area contributed by atoms with E-state index in [2.05, 4.69) is 20.3 Å². The Morgan fingerprint density at radius 2 is 2.19 bits per heavy atom. The van der Waals surface area contributed by atoms with Gasteiger partial charge in [0, 0.05) is 32.3 Å². The molecule has 0 radical (unpaired) electrons. The second kappa shape index (κ2) is 8.07. The summed E-state index contributed by atoms with van der Waals surface area (Å²) in [5.41, 5.74) is 0.897. The van der Waals surface area contributed by atoms with Crippen LogP contribution in [-0.2, 0) is 4.74 Å². The second-order valence-electron chi connectivity index (χ2n) is 5.84. The fraction of sp³-hybridized carbons (Fsp3) is 0.412. The van der Waals surface area contributed by atoms with Gasteiger partial charge < -0.3 is 15.0 Å². The van der Waals surface area contributed by atoms with Crippen LogP contribution in [0.5, 0.6) is 0 Å². The van der Waals surface area contributed by atoms with E-state index in [1.807, 2.05) is 26.3 Å². The standard InChI is InChI=1S/C17H21N5O2S2/c1-10-12-14(18-5-7-24-4)20-9-21-16(12)26-13(10)17(23)22(3)11(2)15-19-6-8-25-15/h6,8-9,11H,5,7H2,1-4H3,(H,18,20,21)/t11-/m0/s1. The molecule has 0 fully saturated rings. The van der Waals surface area contributed by atoms with Gasteiger partial charge in [-0.05, 0) is 19.4 Å². The van der Waals surface area contributed by atoms with Crippen molar-refractivity contribution in [1.29, 1.82) is 0 Å². The van der Waals surface area contributed by atoms with Crippen LogP contribution in [0.4, 0.5) is 5.82 Å². The topological polar surface area (TPSA) is 80.2 Å². The number of nitrogens with zero attached hydrogens (tertiary/aromatic N) is 4. The first kappa shape index (κ1) is 18.7. The SMILES string of the molecule is COCCNc1ncnc2sc(C(=O)N(C)[C@@H](C)c3nccs3)c(C)c12. The third-order valence-electron chi connectivity index (χ3n) is 4.23. The first-order valence-corrected chi connectivity index (χ1v) is 9.87. The zero-order valence-corrected chi connectivity index (χ0v) is 16.8. The van der Waals surface area contributed by atoms with Crippen molar-refractivity contribution in [3.63, 3.8) is 0 Å². The number of hydrogen-bond acceptors (Lipinski definition) is 8. The fourth-order valence-corrected chi connectivity index (χ4v) is 4.49. The number of hydrogen-bond donors (Lipinski definition) is 1. The second-order valence-corrected chi connectivity index (χ2v) is 7.77. The monoisotopic (exact) mass is 391 g/mol. The number of nitrogens with one attached hydrogen (secondary N) is 1. The lowest BCUT2D eigenvalue weighted by atomic mass is 10.1. The van der Waals surface area contributed by atoms with Gasteiger partial charge >= 0.3 is 0 Å². The summed E-state index contributed by atoms with van der Waals surface area (Å²) < 4.78 is 5.07. The van der Waals surface area contributed by atoms with Gasteiger partial charge in [0.2, 0.25) is 0 Å². The van der Waals surface area contributed by atoms with Gasteiger partial charge in [-0.15, -0.1) is 22.7 Å². The van der Waals surface area contributed by atoms with Crippen molar-refractivity contribution in [3.8, 4) is 0 Å². The van der Waals surface area contributed by atoms with E-state index in [1.165, 1.54) is 17.7 Å². The molecule has 138 valence electrons. The number of rotatable bonds is 7. The summed E-state index contributed by atoms with van der Waals surface area (Å²) >= 11 is 2.95. The van der Waals surface area contributed by atoms with Gasteiger partial charge in [0.25, 0.3) is 5.91 Å². The predicted molar refractivity (Wildman–Crippen MR) is 105 cm³/mol. The molecule has 3 rings (SSSR count). The summed E-state index contributed by atoms with van der Waals surface area (Å²) in [4.78, 5) is 29.3. The van der Waals surface area contributed by atoms with Crippen molar-refractivity contribution < 1.29 is 9.53 Å². The lowest BCUT2D eigenvalue weighted by Crippen LogP contribution is -2.29. The average Bonchev–Trinajstić information content (AvgIpc) is 3.29. The summed E-state index contributed by atoms with van der Waals surface area (Å²) in [6.45, 7) is 5.15. The van der Waals surface area contributed by atoms with Crippen molar-refractivity contribution in [2.45, 2.75) is 19.9 Å². The highest BCUT2D eigenvalue weighted by Crippen LogP contribution is 2.35. The quantitative estimate of drug-likeness (QED) is 0.622. The number of carbonyl (C=O) groups is 1. The number of aromatic nitrogens is 3. The van der Waals surface area contributed by atoms with E-state index < -0.39 is 0 Å². The van der Waals surface area contributed by atoms with Crippen LogP contribution < -0.4 is 5.32 Å². The minimum atomic E-state index is -0.0857. The minimum absolute atomic E-state index is 0.0314. The molecule has 0 saturated carbocycles. The predicted octanol–water partition coefficient (Wildman–Crippen LogP) is 3.35. The average molecular weight is 392 g/mol. The smallest absolute Gasteiger partial charge is 0.264 e. The Balaban J connectivity index is 1.91. The number of amides is 1. The van der Waals surface area contributed by atoms with Gasteiger partial charge in [0.05, 0.1) is 22.9 Å². The zero-order chi connectivity index (χ0) is 18.7. The third kappa shape index (κ3) is 3.55. The number of aryl methyl sites for hydroxylation is 1. The Hall–Kier alpha value is -2.10. The molecule has 0 aliphatic rings. The van der Waals surface area contributed by atoms with Gasteiger partial charge in [-0.3, -0.25) is 4.79 Å². The highest BCUT2D eigenvalue weighted by molar-refractivity contribution is 7.20. The molecule has 1 N–H and O–H groups in total. The first-order valence-electron chi connectivity index (χ1n) is 8.18. The van der Waals surface area contributed by atoms with Crippen LogP contribution in [0.1, 0.15) is 33.2 Å². The Morgan fingerprint density at radius 3 is 2.88 bits per heavy atom. The summed E-state index contributed by atoms with van der Waals surface area (Å²) in [7, 11) is 3.46. The van der Waals surface area contributed by atoms with E-state index in [0.717, 1.165) is 26.6 Å².